The number of hydrogen-bond acceptors (Lipinski definition) is 3. The summed E-state index contributed by atoms with van der Waals surface area (Å²) in [5.74, 6) is 0.271. The second kappa shape index (κ2) is 10.7. The van der Waals surface area contributed by atoms with Crippen molar-refractivity contribution in [2.24, 2.45) is 5.92 Å². The van der Waals surface area contributed by atoms with Gasteiger partial charge in [0.25, 0.3) is 0 Å². The smallest absolute Gasteiger partial charge is 0.319 e. The molecule has 0 aromatic heterocycles. The summed E-state index contributed by atoms with van der Waals surface area (Å²) < 4.78 is 0. The lowest BCUT2D eigenvalue weighted by Gasteiger charge is -2.35. The molecule has 1 N–H and O–H groups in total. The predicted molar refractivity (Wildman–Crippen MR) is 91.4 cm³/mol. The van der Waals surface area contributed by atoms with Crippen molar-refractivity contribution >= 4 is 24.3 Å². The molecule has 1 aliphatic rings. The molecule has 0 atom stereocenters. The number of urea groups is 1. The van der Waals surface area contributed by atoms with Crippen molar-refractivity contribution in [2.75, 3.05) is 53.4 Å². The van der Waals surface area contributed by atoms with Crippen LogP contribution < -0.4 is 5.32 Å². The van der Waals surface area contributed by atoms with Crippen molar-refractivity contribution in [3.8, 4) is 0 Å². The van der Waals surface area contributed by atoms with E-state index in [-0.39, 0.29) is 30.3 Å². The first-order chi connectivity index (χ1) is 10.0. The molecule has 0 aromatic rings. The molecule has 1 rings (SSSR count). The Morgan fingerprint density at radius 1 is 1.18 bits per heavy atom. The molecule has 1 heterocycles. The molecule has 1 saturated heterocycles. The number of nitrogens with zero attached hydrogens (tertiary/aromatic N) is 3. The summed E-state index contributed by atoms with van der Waals surface area (Å²) in [6.07, 6.45) is 1.55. The highest BCUT2D eigenvalue weighted by molar-refractivity contribution is 5.85. The monoisotopic (exact) mass is 334 g/mol. The van der Waals surface area contributed by atoms with E-state index in [4.69, 9.17) is 0 Å². The van der Waals surface area contributed by atoms with E-state index in [0.717, 1.165) is 39.0 Å². The minimum atomic E-state index is 0. The second-order valence-corrected chi connectivity index (χ2v) is 5.58. The maximum atomic E-state index is 12.3. The molecule has 0 aliphatic carbocycles. The standard InChI is InChI=1S/C15H30N4O2.ClH/c1-5-18(6-2)15(21)19-10-7-13(8-11-19)14(20)17(4)12-9-16-3;/h13,16H,5-12H2,1-4H3;1H. The summed E-state index contributed by atoms with van der Waals surface area (Å²) in [5.41, 5.74) is 0. The van der Waals surface area contributed by atoms with Crippen molar-refractivity contribution in [1.29, 1.82) is 0 Å². The molecule has 0 saturated carbocycles. The maximum Gasteiger partial charge on any atom is 0.319 e. The number of rotatable bonds is 6. The van der Waals surface area contributed by atoms with Gasteiger partial charge in [-0.15, -0.1) is 12.4 Å². The Morgan fingerprint density at radius 2 is 1.73 bits per heavy atom. The molecule has 0 aromatic carbocycles. The van der Waals surface area contributed by atoms with Crippen LogP contribution in [0.25, 0.3) is 0 Å². The van der Waals surface area contributed by atoms with Gasteiger partial charge in [0.2, 0.25) is 5.91 Å². The first-order valence-electron chi connectivity index (χ1n) is 7.98. The fraction of sp³-hybridized carbons (Fsp3) is 0.867. The highest BCUT2D eigenvalue weighted by Crippen LogP contribution is 2.20. The van der Waals surface area contributed by atoms with Crippen LogP contribution in [0, 0.1) is 5.92 Å². The van der Waals surface area contributed by atoms with Crippen molar-refractivity contribution < 1.29 is 9.59 Å². The molecule has 6 nitrogen and oxygen atoms in total. The number of carbonyl (C=O) groups excluding carboxylic acids is 2. The molecule has 130 valence electrons. The van der Waals surface area contributed by atoms with Gasteiger partial charge in [0.15, 0.2) is 0 Å². The molecular formula is C15H31ClN4O2. The largest absolute Gasteiger partial charge is 0.344 e. The van der Waals surface area contributed by atoms with Gasteiger partial charge in [0.1, 0.15) is 0 Å². The van der Waals surface area contributed by atoms with E-state index in [0.29, 0.717) is 13.1 Å². The van der Waals surface area contributed by atoms with Crippen LogP contribution in [0.5, 0.6) is 0 Å². The van der Waals surface area contributed by atoms with Gasteiger partial charge in [-0.3, -0.25) is 4.79 Å². The Labute approximate surface area is 140 Å². The van der Waals surface area contributed by atoms with Crippen LogP contribution in [0.3, 0.4) is 0 Å². The predicted octanol–water partition coefficient (Wildman–Crippen LogP) is 1.26. The fourth-order valence-electron chi connectivity index (χ4n) is 2.71. The molecule has 7 heteroatoms. The van der Waals surface area contributed by atoms with Crippen LogP contribution in [0.4, 0.5) is 4.79 Å². The average molecular weight is 335 g/mol. The van der Waals surface area contributed by atoms with Gasteiger partial charge >= 0.3 is 6.03 Å². The number of halogens is 1. The van der Waals surface area contributed by atoms with Crippen LogP contribution in [-0.2, 0) is 4.79 Å². The lowest BCUT2D eigenvalue weighted by molar-refractivity contribution is -0.135. The van der Waals surface area contributed by atoms with Gasteiger partial charge in [-0.05, 0) is 33.7 Å². The summed E-state index contributed by atoms with van der Waals surface area (Å²) in [5, 5.41) is 3.05. The van der Waals surface area contributed by atoms with E-state index >= 15 is 0 Å². The van der Waals surface area contributed by atoms with E-state index in [1.807, 2.05) is 37.7 Å². The normalized spacial score (nSPS) is 15.2. The van der Waals surface area contributed by atoms with Crippen molar-refractivity contribution in [1.82, 2.24) is 20.0 Å². The fourth-order valence-corrected chi connectivity index (χ4v) is 2.71. The molecule has 22 heavy (non-hydrogen) atoms. The van der Waals surface area contributed by atoms with Crippen LogP contribution in [0.2, 0.25) is 0 Å². The lowest BCUT2D eigenvalue weighted by Crippen LogP contribution is -2.48. The molecule has 0 unspecified atom stereocenters. The minimum Gasteiger partial charge on any atom is -0.344 e. The third-order valence-corrected chi connectivity index (χ3v) is 4.22. The Morgan fingerprint density at radius 3 is 2.18 bits per heavy atom. The first kappa shape index (κ1) is 21.0. The zero-order valence-electron chi connectivity index (χ0n) is 14.3. The van der Waals surface area contributed by atoms with Crippen LogP contribution in [0.1, 0.15) is 26.7 Å². The van der Waals surface area contributed by atoms with Crippen molar-refractivity contribution in [3.63, 3.8) is 0 Å². The van der Waals surface area contributed by atoms with Crippen LogP contribution >= 0.6 is 12.4 Å². The van der Waals surface area contributed by atoms with Gasteiger partial charge in [-0.1, -0.05) is 0 Å². The van der Waals surface area contributed by atoms with E-state index < -0.39 is 0 Å². The molecule has 0 spiro atoms. The van der Waals surface area contributed by atoms with Crippen molar-refractivity contribution in [3.05, 3.63) is 0 Å². The summed E-state index contributed by atoms with van der Waals surface area (Å²) in [4.78, 5) is 30.1. The number of likely N-dealkylation sites (N-methyl/N-ethyl adjacent to an activating group) is 2. The third-order valence-electron chi connectivity index (χ3n) is 4.22. The number of amides is 3. The second-order valence-electron chi connectivity index (χ2n) is 5.58. The van der Waals surface area contributed by atoms with E-state index in [9.17, 15) is 9.59 Å². The first-order valence-corrected chi connectivity index (χ1v) is 7.98. The Hall–Kier alpha value is -1.01. The number of carbonyl (C=O) groups is 2. The number of piperidine rings is 1. The quantitative estimate of drug-likeness (QED) is 0.795. The number of nitrogens with one attached hydrogen (secondary N) is 1. The highest BCUT2D eigenvalue weighted by atomic mass is 35.5. The SMILES string of the molecule is CCN(CC)C(=O)N1CCC(C(=O)N(C)CCNC)CC1.Cl. The lowest BCUT2D eigenvalue weighted by atomic mass is 9.95. The minimum absolute atomic E-state index is 0. The summed E-state index contributed by atoms with van der Waals surface area (Å²) >= 11 is 0. The molecular weight excluding hydrogens is 304 g/mol. The maximum absolute atomic E-state index is 12.3. The topological polar surface area (TPSA) is 55.9 Å². The van der Waals surface area contributed by atoms with E-state index in [1.165, 1.54) is 0 Å². The van der Waals surface area contributed by atoms with E-state index in [2.05, 4.69) is 5.32 Å². The molecule has 1 fully saturated rings. The van der Waals surface area contributed by atoms with Gasteiger partial charge < -0.3 is 20.0 Å². The van der Waals surface area contributed by atoms with Crippen LogP contribution in [0.15, 0.2) is 0 Å². The summed E-state index contributed by atoms with van der Waals surface area (Å²) in [6.45, 7) is 8.37. The van der Waals surface area contributed by atoms with Crippen molar-refractivity contribution in [2.45, 2.75) is 26.7 Å². The zero-order valence-corrected chi connectivity index (χ0v) is 15.1. The highest BCUT2D eigenvalue weighted by Gasteiger charge is 2.30. The third kappa shape index (κ3) is 5.65. The molecule has 1 aliphatic heterocycles. The molecule has 0 radical (unpaired) electrons. The number of likely N-dealkylation sites (tertiary alicyclic amines) is 1. The van der Waals surface area contributed by atoms with Gasteiger partial charge in [0, 0.05) is 52.2 Å². The molecule has 0 bridgehead atoms. The van der Waals surface area contributed by atoms with Gasteiger partial charge in [0.05, 0.1) is 0 Å². The molecule has 3 amide bonds. The van der Waals surface area contributed by atoms with Crippen LogP contribution in [-0.4, -0.2) is 80.0 Å². The summed E-state index contributed by atoms with van der Waals surface area (Å²) in [7, 11) is 3.74. The van der Waals surface area contributed by atoms with Gasteiger partial charge in [-0.2, -0.15) is 0 Å². The summed E-state index contributed by atoms with van der Waals surface area (Å²) in [6, 6.07) is 0.106. The Bertz CT molecular complexity index is 342. The Balaban J connectivity index is 0.00000441. The number of hydrogen-bond donors (Lipinski definition) is 1. The van der Waals surface area contributed by atoms with Gasteiger partial charge in [-0.25, -0.2) is 4.79 Å². The average Bonchev–Trinajstić information content (AvgIpc) is 2.53. The Kier molecular flexibility index (Phi) is 10.2. The van der Waals surface area contributed by atoms with E-state index in [1.54, 1.807) is 4.90 Å². The zero-order chi connectivity index (χ0) is 15.8.